The molecule has 0 N–H and O–H groups in total. The standard InChI is InChI=1S/C25H19NO3/c1-17(27)16-29-25(28)22-15-24(26-23-10-6-5-9-21(22)23)20-13-11-19(12-14-20)18-7-3-2-4-8-18/h2-15H,16H2,1H3. The first kappa shape index (κ1) is 18.6. The van der Waals surface area contributed by atoms with Gasteiger partial charge in [-0.05, 0) is 30.2 Å². The molecule has 142 valence electrons. The second-order valence-electron chi connectivity index (χ2n) is 6.79. The summed E-state index contributed by atoms with van der Waals surface area (Å²) in [4.78, 5) is 28.5. The molecule has 0 saturated carbocycles. The van der Waals surface area contributed by atoms with Crippen LogP contribution >= 0.6 is 0 Å². The molecule has 0 saturated heterocycles. The van der Waals surface area contributed by atoms with Gasteiger partial charge in [-0.3, -0.25) is 4.79 Å². The number of para-hydroxylation sites is 1. The molecular formula is C25H19NO3. The van der Waals surface area contributed by atoms with E-state index >= 15 is 0 Å². The van der Waals surface area contributed by atoms with Crippen LogP contribution in [0.25, 0.3) is 33.3 Å². The van der Waals surface area contributed by atoms with Crippen LogP contribution < -0.4 is 0 Å². The Bertz CT molecular complexity index is 1180. The van der Waals surface area contributed by atoms with Gasteiger partial charge in [0, 0.05) is 10.9 Å². The highest BCUT2D eigenvalue weighted by atomic mass is 16.5. The molecule has 4 rings (SSSR count). The smallest absolute Gasteiger partial charge is 0.339 e. The van der Waals surface area contributed by atoms with Gasteiger partial charge in [0.05, 0.1) is 16.8 Å². The first-order chi connectivity index (χ1) is 14.1. The number of hydrogen-bond acceptors (Lipinski definition) is 4. The van der Waals surface area contributed by atoms with Crippen LogP contribution in [0, 0.1) is 0 Å². The maximum atomic E-state index is 12.6. The molecule has 1 heterocycles. The second-order valence-corrected chi connectivity index (χ2v) is 6.79. The number of aromatic nitrogens is 1. The van der Waals surface area contributed by atoms with Gasteiger partial charge in [0.25, 0.3) is 0 Å². The summed E-state index contributed by atoms with van der Waals surface area (Å²) in [5.41, 5.74) is 4.93. The number of benzene rings is 3. The minimum Gasteiger partial charge on any atom is -0.454 e. The maximum absolute atomic E-state index is 12.6. The van der Waals surface area contributed by atoms with Gasteiger partial charge in [-0.2, -0.15) is 0 Å². The van der Waals surface area contributed by atoms with E-state index in [2.05, 4.69) is 12.1 Å². The summed E-state index contributed by atoms with van der Waals surface area (Å²) in [6, 6.07) is 27.3. The number of nitrogens with zero attached hydrogens (tertiary/aromatic N) is 1. The summed E-state index contributed by atoms with van der Waals surface area (Å²) in [5.74, 6) is -0.727. The predicted molar refractivity (Wildman–Crippen MR) is 114 cm³/mol. The summed E-state index contributed by atoms with van der Waals surface area (Å²) in [7, 11) is 0. The van der Waals surface area contributed by atoms with E-state index in [9.17, 15) is 9.59 Å². The summed E-state index contributed by atoms with van der Waals surface area (Å²) in [5, 5.41) is 0.700. The maximum Gasteiger partial charge on any atom is 0.339 e. The average molecular weight is 381 g/mol. The fourth-order valence-corrected chi connectivity index (χ4v) is 3.20. The van der Waals surface area contributed by atoms with Crippen LogP contribution in [0.5, 0.6) is 0 Å². The number of esters is 1. The van der Waals surface area contributed by atoms with E-state index in [-0.39, 0.29) is 12.4 Å². The van der Waals surface area contributed by atoms with E-state index in [1.165, 1.54) is 6.92 Å². The molecule has 0 aliphatic heterocycles. The SMILES string of the molecule is CC(=O)COC(=O)c1cc(-c2ccc(-c3ccccc3)cc2)nc2ccccc12. The Kier molecular flexibility index (Phi) is 5.16. The number of pyridine rings is 1. The Morgan fingerprint density at radius 1 is 0.793 bits per heavy atom. The normalized spacial score (nSPS) is 10.7. The summed E-state index contributed by atoms with van der Waals surface area (Å²) in [6.07, 6.45) is 0. The number of rotatable bonds is 5. The molecule has 0 aliphatic rings. The molecule has 0 bridgehead atoms. The lowest BCUT2D eigenvalue weighted by molar-refractivity contribution is -0.120. The quantitative estimate of drug-likeness (QED) is 0.439. The van der Waals surface area contributed by atoms with Crippen LogP contribution in [0.15, 0.2) is 84.9 Å². The topological polar surface area (TPSA) is 56.3 Å². The van der Waals surface area contributed by atoms with Crippen molar-refractivity contribution in [1.82, 2.24) is 4.98 Å². The number of ketones is 1. The highest BCUT2D eigenvalue weighted by Gasteiger charge is 2.16. The van der Waals surface area contributed by atoms with Crippen molar-refractivity contribution in [3.63, 3.8) is 0 Å². The number of fused-ring (bicyclic) bond motifs is 1. The first-order valence-corrected chi connectivity index (χ1v) is 9.34. The van der Waals surface area contributed by atoms with Crippen molar-refractivity contribution >= 4 is 22.7 Å². The lowest BCUT2D eigenvalue weighted by Crippen LogP contribution is -2.12. The Balaban J connectivity index is 1.74. The summed E-state index contributed by atoms with van der Waals surface area (Å²) in [6.45, 7) is 1.15. The molecule has 3 aromatic carbocycles. The number of Topliss-reactive ketones (excluding diaryl/α,β-unsaturated/α-hetero) is 1. The molecule has 29 heavy (non-hydrogen) atoms. The zero-order valence-corrected chi connectivity index (χ0v) is 16.0. The average Bonchev–Trinajstić information content (AvgIpc) is 2.77. The minimum absolute atomic E-state index is 0.201. The molecule has 4 aromatic rings. The van der Waals surface area contributed by atoms with Gasteiger partial charge in [0.15, 0.2) is 5.78 Å². The van der Waals surface area contributed by atoms with E-state index in [4.69, 9.17) is 9.72 Å². The number of ether oxygens (including phenoxy) is 1. The van der Waals surface area contributed by atoms with Gasteiger partial charge in [-0.15, -0.1) is 0 Å². The van der Waals surface area contributed by atoms with Crippen LogP contribution in [0.4, 0.5) is 0 Å². The lowest BCUT2D eigenvalue weighted by atomic mass is 10.0. The number of carbonyl (C=O) groups is 2. The van der Waals surface area contributed by atoms with Crippen molar-refractivity contribution in [2.24, 2.45) is 0 Å². The van der Waals surface area contributed by atoms with Gasteiger partial charge < -0.3 is 4.74 Å². The van der Waals surface area contributed by atoms with Crippen LogP contribution in [0.1, 0.15) is 17.3 Å². The van der Waals surface area contributed by atoms with Crippen molar-refractivity contribution in [3.05, 3.63) is 90.5 Å². The van der Waals surface area contributed by atoms with E-state index in [0.717, 1.165) is 16.7 Å². The Hall–Kier alpha value is -3.79. The molecule has 0 aliphatic carbocycles. The Morgan fingerprint density at radius 3 is 2.14 bits per heavy atom. The first-order valence-electron chi connectivity index (χ1n) is 9.34. The molecule has 0 spiro atoms. The van der Waals surface area contributed by atoms with Gasteiger partial charge in [-0.1, -0.05) is 72.8 Å². The van der Waals surface area contributed by atoms with Crippen LogP contribution in [0.3, 0.4) is 0 Å². The van der Waals surface area contributed by atoms with Gasteiger partial charge in [0.1, 0.15) is 6.61 Å². The highest BCUT2D eigenvalue weighted by Crippen LogP contribution is 2.27. The molecule has 1 aromatic heterocycles. The van der Waals surface area contributed by atoms with Crippen molar-refractivity contribution in [1.29, 1.82) is 0 Å². The van der Waals surface area contributed by atoms with E-state index in [1.807, 2.05) is 66.7 Å². The minimum atomic E-state index is -0.527. The molecule has 0 amide bonds. The molecule has 4 nitrogen and oxygen atoms in total. The summed E-state index contributed by atoms with van der Waals surface area (Å²) >= 11 is 0. The largest absolute Gasteiger partial charge is 0.454 e. The van der Waals surface area contributed by atoms with E-state index in [1.54, 1.807) is 6.07 Å². The van der Waals surface area contributed by atoms with Crippen molar-refractivity contribution in [2.45, 2.75) is 6.92 Å². The zero-order chi connectivity index (χ0) is 20.2. The van der Waals surface area contributed by atoms with Crippen molar-refractivity contribution in [2.75, 3.05) is 6.61 Å². The van der Waals surface area contributed by atoms with Crippen LogP contribution in [-0.2, 0) is 9.53 Å². The fraction of sp³-hybridized carbons (Fsp3) is 0.0800. The van der Waals surface area contributed by atoms with Gasteiger partial charge in [-0.25, -0.2) is 9.78 Å². The molecule has 0 atom stereocenters. The number of hydrogen-bond donors (Lipinski definition) is 0. The molecular weight excluding hydrogens is 362 g/mol. The zero-order valence-electron chi connectivity index (χ0n) is 16.0. The van der Waals surface area contributed by atoms with Gasteiger partial charge in [0.2, 0.25) is 0 Å². The van der Waals surface area contributed by atoms with E-state index in [0.29, 0.717) is 22.2 Å². The van der Waals surface area contributed by atoms with Crippen molar-refractivity contribution < 1.29 is 14.3 Å². The molecule has 0 unspecified atom stereocenters. The second kappa shape index (κ2) is 8.07. The third-order valence-electron chi connectivity index (χ3n) is 4.63. The van der Waals surface area contributed by atoms with E-state index < -0.39 is 5.97 Å². The van der Waals surface area contributed by atoms with Crippen molar-refractivity contribution in [3.8, 4) is 22.4 Å². The highest BCUT2D eigenvalue weighted by molar-refractivity contribution is 6.05. The molecule has 0 fully saturated rings. The summed E-state index contributed by atoms with van der Waals surface area (Å²) < 4.78 is 5.15. The lowest BCUT2D eigenvalue weighted by Gasteiger charge is -2.10. The Labute approximate surface area is 168 Å². The fourth-order valence-electron chi connectivity index (χ4n) is 3.20. The van der Waals surface area contributed by atoms with Gasteiger partial charge >= 0.3 is 5.97 Å². The Morgan fingerprint density at radius 2 is 1.41 bits per heavy atom. The monoisotopic (exact) mass is 381 g/mol. The molecule has 0 radical (unpaired) electrons. The third kappa shape index (κ3) is 4.06. The molecule has 4 heteroatoms. The number of carbonyl (C=O) groups excluding carboxylic acids is 2. The van der Waals surface area contributed by atoms with Crippen LogP contribution in [0.2, 0.25) is 0 Å². The van der Waals surface area contributed by atoms with Crippen LogP contribution in [-0.4, -0.2) is 23.3 Å². The third-order valence-corrected chi connectivity index (χ3v) is 4.63. The predicted octanol–water partition coefficient (Wildman–Crippen LogP) is 5.31.